The average Bonchev–Trinajstić information content (AvgIpc) is 3.46. The first kappa shape index (κ1) is 23.5. The third-order valence-corrected chi connectivity index (χ3v) is 10.1. The molecule has 0 aliphatic carbocycles. The smallest absolute Gasteiger partial charge is 0.0519 e. The summed E-state index contributed by atoms with van der Waals surface area (Å²) in [5.74, 6) is 0. The molecule has 0 saturated carbocycles. The van der Waals surface area contributed by atoms with Crippen molar-refractivity contribution in [1.82, 2.24) is 0 Å². The maximum absolute atomic E-state index is 2.37. The van der Waals surface area contributed by atoms with Gasteiger partial charge in [0.05, 0.1) is 10.5 Å². The van der Waals surface area contributed by atoms with Gasteiger partial charge in [-0.05, 0) is 69.5 Å². The maximum atomic E-state index is 2.37. The van der Waals surface area contributed by atoms with Crippen molar-refractivity contribution >= 4 is 47.8 Å². The molecule has 0 nitrogen and oxygen atoms in total. The molecule has 0 N–H and O–H groups in total. The summed E-state index contributed by atoms with van der Waals surface area (Å²) in [6.45, 7) is 4.39. The van der Waals surface area contributed by atoms with E-state index in [1.54, 1.807) is 0 Å². The molecular weight excluding hydrogens is 473 g/mol. The molecule has 0 spiro atoms. The maximum Gasteiger partial charge on any atom is 0.0519 e. The summed E-state index contributed by atoms with van der Waals surface area (Å²) in [7, 11) is 0. The van der Waals surface area contributed by atoms with Crippen molar-refractivity contribution in [2.24, 2.45) is 0 Å². The highest BCUT2D eigenvalue weighted by molar-refractivity contribution is 8.05. The number of rotatable bonds is 6. The third kappa shape index (κ3) is 4.73. The Morgan fingerprint density at radius 1 is 0.500 bits per heavy atom. The molecule has 2 heterocycles. The molecule has 6 rings (SSSR count). The summed E-state index contributed by atoms with van der Waals surface area (Å²) in [6.07, 6.45) is 11.1. The molecule has 4 aromatic rings. The van der Waals surface area contributed by atoms with Gasteiger partial charge < -0.3 is 0 Å². The quantitative estimate of drug-likeness (QED) is 0.241. The Bertz CT molecular complexity index is 1330. The molecule has 2 atom stereocenters. The van der Waals surface area contributed by atoms with Gasteiger partial charge >= 0.3 is 0 Å². The van der Waals surface area contributed by atoms with E-state index in [1.807, 2.05) is 23.5 Å². The summed E-state index contributed by atoms with van der Waals surface area (Å²) in [4.78, 5) is 2.87. The molecule has 0 radical (unpaired) electrons. The van der Waals surface area contributed by atoms with Crippen LogP contribution in [0, 0.1) is 0 Å². The molecule has 0 saturated heterocycles. The summed E-state index contributed by atoms with van der Waals surface area (Å²) in [6, 6.07) is 31.7. The number of fused-ring (bicyclic) bond motifs is 5. The molecule has 2 unspecified atom stereocenters. The largest absolute Gasteiger partial charge is 0.116 e. The van der Waals surface area contributed by atoms with E-state index in [0.717, 1.165) is 12.8 Å². The van der Waals surface area contributed by atoms with Gasteiger partial charge in [0.15, 0.2) is 0 Å². The predicted molar refractivity (Wildman–Crippen MR) is 160 cm³/mol. The third-order valence-electron chi connectivity index (χ3n) is 7.18. The minimum atomic E-state index is 0.514. The summed E-state index contributed by atoms with van der Waals surface area (Å²) < 4.78 is 0. The van der Waals surface area contributed by atoms with E-state index in [2.05, 4.69) is 123 Å². The number of benzene rings is 4. The van der Waals surface area contributed by atoms with E-state index >= 15 is 0 Å². The Morgan fingerprint density at radius 2 is 0.861 bits per heavy atom. The molecule has 0 amide bonds. The van der Waals surface area contributed by atoms with Crippen LogP contribution in [0.5, 0.6) is 0 Å². The van der Waals surface area contributed by atoms with E-state index in [9.17, 15) is 0 Å². The van der Waals surface area contributed by atoms with Crippen LogP contribution in [0.1, 0.15) is 68.9 Å². The lowest BCUT2D eigenvalue weighted by Crippen LogP contribution is -1.91. The van der Waals surface area contributed by atoms with Crippen LogP contribution in [0.3, 0.4) is 0 Å². The Labute approximate surface area is 223 Å². The molecule has 178 valence electrons. The molecule has 2 aliphatic heterocycles. The standard InChI is InChI=1S/C34H30S2/c1-3-23-5-9-25(10-6-23)13-15-27-17-19-29-31(21-27)35-34-30-20-18-28(22-32(30)36-33(29)34)16-14-26-11-7-24(4-2)8-12-26/h5-22,33-34H,3-4H2,1-2H3/b15-13+,16-14+. The minimum absolute atomic E-state index is 0.514. The SMILES string of the molecule is CCc1ccc(/C=C/c2ccc3c(c2)SC2c4ccc(/C=C/c5ccc(CC)cc5)cc4SC32)cc1. The fourth-order valence-corrected chi connectivity index (χ4v) is 8.25. The topological polar surface area (TPSA) is 0 Å². The van der Waals surface area contributed by atoms with Gasteiger partial charge in [-0.15, -0.1) is 23.5 Å². The number of aryl methyl sites for hydroxylation is 2. The second kappa shape index (κ2) is 10.2. The molecular formula is C34H30S2. The predicted octanol–water partition coefficient (Wildman–Crippen LogP) is 10.1. The van der Waals surface area contributed by atoms with E-state index in [-0.39, 0.29) is 0 Å². The molecule has 2 heteroatoms. The zero-order chi connectivity index (χ0) is 24.5. The number of thioether (sulfide) groups is 2. The number of hydrogen-bond acceptors (Lipinski definition) is 2. The van der Waals surface area contributed by atoms with Crippen molar-refractivity contribution in [3.05, 3.63) is 129 Å². The normalized spacial score (nSPS) is 18.1. The molecule has 2 aliphatic rings. The van der Waals surface area contributed by atoms with Crippen molar-refractivity contribution in [1.29, 1.82) is 0 Å². The molecule has 4 aromatic carbocycles. The van der Waals surface area contributed by atoms with Crippen LogP contribution < -0.4 is 0 Å². The van der Waals surface area contributed by atoms with Gasteiger partial charge in [0, 0.05) is 9.79 Å². The Balaban J connectivity index is 1.16. The minimum Gasteiger partial charge on any atom is -0.116 e. The van der Waals surface area contributed by atoms with Crippen LogP contribution in [0.25, 0.3) is 24.3 Å². The summed E-state index contributed by atoms with van der Waals surface area (Å²) in [5.41, 5.74) is 10.8. The van der Waals surface area contributed by atoms with Crippen molar-refractivity contribution < 1.29 is 0 Å². The Hall–Kier alpha value is -2.94. The second-order valence-corrected chi connectivity index (χ2v) is 11.9. The van der Waals surface area contributed by atoms with Crippen molar-refractivity contribution in [2.75, 3.05) is 0 Å². The summed E-state index contributed by atoms with van der Waals surface area (Å²) >= 11 is 4.07. The highest BCUT2D eigenvalue weighted by Gasteiger charge is 2.41. The van der Waals surface area contributed by atoms with Gasteiger partial charge in [-0.25, -0.2) is 0 Å². The average molecular weight is 503 g/mol. The van der Waals surface area contributed by atoms with Gasteiger partial charge in [-0.1, -0.05) is 111 Å². The van der Waals surface area contributed by atoms with E-state index < -0.39 is 0 Å². The first-order valence-electron chi connectivity index (χ1n) is 12.9. The molecule has 0 bridgehead atoms. The highest BCUT2D eigenvalue weighted by atomic mass is 32.2. The summed E-state index contributed by atoms with van der Waals surface area (Å²) in [5, 5.41) is 1.03. The monoisotopic (exact) mass is 502 g/mol. The lowest BCUT2D eigenvalue weighted by Gasteiger charge is -2.07. The van der Waals surface area contributed by atoms with E-state index in [1.165, 1.54) is 54.3 Å². The van der Waals surface area contributed by atoms with Gasteiger partial charge in [0.1, 0.15) is 0 Å². The van der Waals surface area contributed by atoms with E-state index in [4.69, 9.17) is 0 Å². The van der Waals surface area contributed by atoms with Gasteiger partial charge in [0.25, 0.3) is 0 Å². The van der Waals surface area contributed by atoms with Gasteiger partial charge in [0.2, 0.25) is 0 Å². The highest BCUT2D eigenvalue weighted by Crippen LogP contribution is 2.66. The van der Waals surface area contributed by atoms with Crippen molar-refractivity contribution in [2.45, 2.75) is 47.0 Å². The lowest BCUT2D eigenvalue weighted by atomic mass is 10.0. The molecule has 36 heavy (non-hydrogen) atoms. The Kier molecular flexibility index (Phi) is 6.65. The molecule has 0 fully saturated rings. The second-order valence-electron chi connectivity index (χ2n) is 9.53. The zero-order valence-corrected chi connectivity index (χ0v) is 22.4. The fraction of sp³-hybridized carbons (Fsp3) is 0.176. The first-order valence-corrected chi connectivity index (χ1v) is 14.6. The van der Waals surface area contributed by atoms with Crippen molar-refractivity contribution in [3.63, 3.8) is 0 Å². The van der Waals surface area contributed by atoms with E-state index in [0.29, 0.717) is 10.5 Å². The first-order chi connectivity index (χ1) is 17.7. The zero-order valence-electron chi connectivity index (χ0n) is 20.8. The van der Waals surface area contributed by atoms with Crippen LogP contribution in [-0.2, 0) is 12.8 Å². The Morgan fingerprint density at radius 3 is 1.25 bits per heavy atom. The van der Waals surface area contributed by atoms with Crippen LogP contribution in [0.2, 0.25) is 0 Å². The van der Waals surface area contributed by atoms with Gasteiger partial charge in [-0.2, -0.15) is 0 Å². The van der Waals surface area contributed by atoms with Gasteiger partial charge in [-0.3, -0.25) is 0 Å². The van der Waals surface area contributed by atoms with Crippen LogP contribution in [0.15, 0.2) is 94.7 Å². The van der Waals surface area contributed by atoms with Crippen LogP contribution >= 0.6 is 23.5 Å². The molecule has 0 aromatic heterocycles. The number of hydrogen-bond donors (Lipinski definition) is 0. The van der Waals surface area contributed by atoms with Crippen LogP contribution in [0.4, 0.5) is 0 Å². The van der Waals surface area contributed by atoms with Crippen molar-refractivity contribution in [3.8, 4) is 0 Å². The fourth-order valence-electron chi connectivity index (χ4n) is 4.95. The lowest BCUT2D eigenvalue weighted by molar-refractivity contribution is 0.938. The van der Waals surface area contributed by atoms with Crippen LogP contribution in [-0.4, -0.2) is 0 Å².